The monoisotopic (exact) mass is 344 g/mol. The van der Waals surface area contributed by atoms with Crippen LogP contribution in [-0.2, 0) is 19.1 Å². The highest BCUT2D eigenvalue weighted by Gasteiger charge is 2.39. The van der Waals surface area contributed by atoms with Gasteiger partial charge in [0.1, 0.15) is 0 Å². The number of carbonyl (C=O) groups excluding carboxylic acids is 3. The van der Waals surface area contributed by atoms with E-state index in [0.29, 0.717) is 32.5 Å². The second kappa shape index (κ2) is 7.25. The van der Waals surface area contributed by atoms with Gasteiger partial charge in [0.15, 0.2) is 0 Å². The van der Waals surface area contributed by atoms with Gasteiger partial charge in [0, 0.05) is 31.7 Å². The van der Waals surface area contributed by atoms with Crippen molar-refractivity contribution < 1.29 is 19.1 Å². The number of para-hydroxylation sites is 1. The molecule has 0 bridgehead atoms. The lowest BCUT2D eigenvalue weighted by Gasteiger charge is -2.32. The highest BCUT2D eigenvalue weighted by atomic mass is 16.5. The maximum atomic E-state index is 12.8. The van der Waals surface area contributed by atoms with Crippen LogP contribution in [0.15, 0.2) is 24.3 Å². The van der Waals surface area contributed by atoms with Crippen molar-refractivity contribution >= 4 is 23.5 Å². The SMILES string of the molecule is COC(=O)C1CCN(C(=O)[C@@H]2CC(=O)N(c3ccccc3C)C2)CC1. The molecule has 0 radical (unpaired) electrons. The molecule has 134 valence electrons. The molecule has 0 saturated carbocycles. The van der Waals surface area contributed by atoms with Crippen molar-refractivity contribution in [3.8, 4) is 0 Å². The van der Waals surface area contributed by atoms with Crippen molar-refractivity contribution in [2.24, 2.45) is 11.8 Å². The fourth-order valence-electron chi connectivity index (χ4n) is 3.73. The second-order valence-corrected chi connectivity index (χ2v) is 6.81. The molecule has 0 aliphatic carbocycles. The Morgan fingerprint density at radius 3 is 2.44 bits per heavy atom. The van der Waals surface area contributed by atoms with Gasteiger partial charge in [-0.1, -0.05) is 18.2 Å². The summed E-state index contributed by atoms with van der Waals surface area (Å²) in [5.74, 6) is -0.608. The third-order valence-corrected chi connectivity index (χ3v) is 5.22. The van der Waals surface area contributed by atoms with E-state index in [1.54, 1.807) is 9.80 Å². The highest BCUT2D eigenvalue weighted by molar-refractivity contribution is 6.00. The number of methoxy groups -OCH3 is 1. The quantitative estimate of drug-likeness (QED) is 0.784. The van der Waals surface area contributed by atoms with Gasteiger partial charge in [-0.3, -0.25) is 14.4 Å². The smallest absolute Gasteiger partial charge is 0.308 e. The lowest BCUT2D eigenvalue weighted by molar-refractivity contribution is -0.149. The molecule has 2 amide bonds. The molecule has 25 heavy (non-hydrogen) atoms. The van der Waals surface area contributed by atoms with E-state index >= 15 is 0 Å². The Balaban J connectivity index is 1.62. The zero-order valence-electron chi connectivity index (χ0n) is 14.7. The molecule has 1 aromatic carbocycles. The second-order valence-electron chi connectivity index (χ2n) is 6.81. The number of piperidine rings is 1. The van der Waals surface area contributed by atoms with Crippen LogP contribution in [0.1, 0.15) is 24.8 Å². The molecule has 2 heterocycles. The summed E-state index contributed by atoms with van der Waals surface area (Å²) in [6, 6.07) is 7.73. The minimum absolute atomic E-state index is 0.00269. The number of amides is 2. The molecular weight excluding hydrogens is 320 g/mol. The standard InChI is InChI=1S/C19H24N2O4/c1-13-5-3-4-6-16(13)21-12-15(11-17(21)22)18(23)20-9-7-14(8-10-20)19(24)25-2/h3-6,14-15H,7-12H2,1-2H3/t15-/m1/s1. The van der Waals surface area contributed by atoms with Crippen molar-refractivity contribution in [2.45, 2.75) is 26.2 Å². The normalized spacial score (nSPS) is 21.5. The Labute approximate surface area is 147 Å². The summed E-state index contributed by atoms with van der Waals surface area (Å²) in [4.78, 5) is 40.3. The largest absolute Gasteiger partial charge is 0.469 e. The number of anilines is 1. The van der Waals surface area contributed by atoms with Crippen LogP contribution in [0.2, 0.25) is 0 Å². The molecule has 2 aliphatic heterocycles. The van der Waals surface area contributed by atoms with E-state index in [9.17, 15) is 14.4 Å². The van der Waals surface area contributed by atoms with Crippen LogP contribution < -0.4 is 4.90 Å². The van der Waals surface area contributed by atoms with Crippen LogP contribution in [0, 0.1) is 18.8 Å². The number of hydrogen-bond acceptors (Lipinski definition) is 4. The molecule has 1 atom stereocenters. The van der Waals surface area contributed by atoms with Crippen molar-refractivity contribution in [1.29, 1.82) is 0 Å². The number of rotatable bonds is 3. The van der Waals surface area contributed by atoms with Crippen LogP contribution in [-0.4, -0.2) is 49.4 Å². The van der Waals surface area contributed by atoms with Gasteiger partial charge in [0.2, 0.25) is 11.8 Å². The van der Waals surface area contributed by atoms with Crippen LogP contribution in [0.4, 0.5) is 5.69 Å². The van der Waals surface area contributed by atoms with Crippen LogP contribution in [0.3, 0.4) is 0 Å². The molecule has 3 rings (SSSR count). The summed E-state index contributed by atoms with van der Waals surface area (Å²) in [5.41, 5.74) is 1.91. The summed E-state index contributed by atoms with van der Waals surface area (Å²) >= 11 is 0. The Bertz CT molecular complexity index is 680. The molecule has 0 aromatic heterocycles. The van der Waals surface area contributed by atoms with E-state index in [0.717, 1.165) is 11.3 Å². The van der Waals surface area contributed by atoms with Crippen molar-refractivity contribution in [3.05, 3.63) is 29.8 Å². The van der Waals surface area contributed by atoms with Gasteiger partial charge < -0.3 is 14.5 Å². The first-order valence-electron chi connectivity index (χ1n) is 8.74. The van der Waals surface area contributed by atoms with E-state index in [1.165, 1.54) is 7.11 Å². The predicted octanol–water partition coefficient (Wildman–Crippen LogP) is 1.76. The highest BCUT2D eigenvalue weighted by Crippen LogP contribution is 2.29. The molecule has 2 aliphatic rings. The molecule has 2 saturated heterocycles. The first-order valence-corrected chi connectivity index (χ1v) is 8.74. The Morgan fingerprint density at radius 2 is 1.80 bits per heavy atom. The van der Waals surface area contributed by atoms with Gasteiger partial charge in [0.25, 0.3) is 0 Å². The number of hydrogen-bond donors (Lipinski definition) is 0. The van der Waals surface area contributed by atoms with E-state index in [1.807, 2.05) is 31.2 Å². The summed E-state index contributed by atoms with van der Waals surface area (Å²) in [6.45, 7) is 3.50. The fraction of sp³-hybridized carbons (Fsp3) is 0.526. The molecule has 2 fully saturated rings. The number of ether oxygens (including phenoxy) is 1. The summed E-state index contributed by atoms with van der Waals surface area (Å²) in [5, 5.41) is 0. The number of aryl methyl sites for hydroxylation is 1. The zero-order valence-corrected chi connectivity index (χ0v) is 14.7. The van der Waals surface area contributed by atoms with Gasteiger partial charge in [-0.25, -0.2) is 0 Å². The van der Waals surface area contributed by atoms with Gasteiger partial charge in [0.05, 0.1) is 18.9 Å². The van der Waals surface area contributed by atoms with Gasteiger partial charge in [-0.2, -0.15) is 0 Å². The average Bonchev–Trinajstić information content (AvgIpc) is 3.02. The van der Waals surface area contributed by atoms with Gasteiger partial charge >= 0.3 is 5.97 Å². The minimum Gasteiger partial charge on any atom is -0.469 e. The number of carbonyl (C=O) groups is 3. The summed E-state index contributed by atoms with van der Waals surface area (Å²) in [7, 11) is 1.39. The number of benzene rings is 1. The van der Waals surface area contributed by atoms with Crippen molar-refractivity contribution in [3.63, 3.8) is 0 Å². The first-order chi connectivity index (χ1) is 12.0. The van der Waals surface area contributed by atoms with Gasteiger partial charge in [-0.05, 0) is 31.4 Å². The average molecular weight is 344 g/mol. The molecular formula is C19H24N2O4. The lowest BCUT2D eigenvalue weighted by atomic mass is 9.95. The number of nitrogens with zero attached hydrogens (tertiary/aromatic N) is 2. The Hall–Kier alpha value is -2.37. The summed E-state index contributed by atoms with van der Waals surface area (Å²) < 4.78 is 4.78. The van der Waals surface area contributed by atoms with E-state index in [2.05, 4.69) is 0 Å². The third-order valence-electron chi connectivity index (χ3n) is 5.22. The Kier molecular flexibility index (Phi) is 5.06. The molecule has 6 nitrogen and oxygen atoms in total. The van der Waals surface area contributed by atoms with Crippen LogP contribution in [0.25, 0.3) is 0 Å². The number of esters is 1. The van der Waals surface area contributed by atoms with Crippen LogP contribution >= 0.6 is 0 Å². The van der Waals surface area contributed by atoms with E-state index < -0.39 is 0 Å². The predicted molar refractivity (Wildman–Crippen MR) is 93.0 cm³/mol. The molecule has 0 unspecified atom stereocenters. The maximum absolute atomic E-state index is 12.8. The summed E-state index contributed by atoms with van der Waals surface area (Å²) in [6.07, 6.45) is 1.51. The van der Waals surface area contributed by atoms with Crippen molar-refractivity contribution in [1.82, 2.24) is 4.90 Å². The zero-order chi connectivity index (χ0) is 18.0. The molecule has 1 aromatic rings. The molecule has 0 N–H and O–H groups in total. The topological polar surface area (TPSA) is 66.9 Å². The lowest BCUT2D eigenvalue weighted by Crippen LogP contribution is -2.43. The first kappa shape index (κ1) is 17.5. The Morgan fingerprint density at radius 1 is 1.12 bits per heavy atom. The van der Waals surface area contributed by atoms with Crippen LogP contribution in [0.5, 0.6) is 0 Å². The van der Waals surface area contributed by atoms with Crippen molar-refractivity contribution in [2.75, 3.05) is 31.6 Å². The maximum Gasteiger partial charge on any atom is 0.308 e. The van der Waals surface area contributed by atoms with E-state index in [-0.39, 0.29) is 36.0 Å². The third kappa shape index (κ3) is 3.52. The van der Waals surface area contributed by atoms with E-state index in [4.69, 9.17) is 4.74 Å². The fourth-order valence-corrected chi connectivity index (χ4v) is 3.73. The molecule has 6 heteroatoms. The number of likely N-dealkylation sites (tertiary alicyclic amines) is 1. The molecule has 0 spiro atoms. The minimum atomic E-state index is -0.304. The van der Waals surface area contributed by atoms with Gasteiger partial charge in [-0.15, -0.1) is 0 Å².